The third-order valence-corrected chi connectivity index (χ3v) is 3.86. The number of morpholine rings is 1. The first-order valence-corrected chi connectivity index (χ1v) is 7.39. The van der Waals surface area contributed by atoms with Gasteiger partial charge in [-0.2, -0.15) is 0 Å². The van der Waals surface area contributed by atoms with Crippen LogP contribution in [0.1, 0.15) is 25.3 Å². The van der Waals surface area contributed by atoms with Crippen LogP contribution in [-0.2, 0) is 4.74 Å². The van der Waals surface area contributed by atoms with Gasteiger partial charge >= 0.3 is 0 Å². The van der Waals surface area contributed by atoms with Gasteiger partial charge in [-0.1, -0.05) is 44.2 Å². The van der Waals surface area contributed by atoms with Crippen molar-refractivity contribution in [3.63, 3.8) is 0 Å². The lowest BCUT2D eigenvalue weighted by Crippen LogP contribution is -2.46. The Labute approximate surface area is 116 Å². The number of nitrogens with zero attached hydrogens (tertiary/aromatic N) is 1. The average molecular weight is 262 g/mol. The molecule has 1 aromatic carbocycles. The largest absolute Gasteiger partial charge is 0.374 e. The molecule has 3 heteroatoms. The first kappa shape index (κ1) is 14.5. The predicted octanol–water partition coefficient (Wildman–Crippen LogP) is 2.10. The number of hydrogen-bond acceptors (Lipinski definition) is 3. The summed E-state index contributed by atoms with van der Waals surface area (Å²) in [6.45, 7) is 10.6. The van der Waals surface area contributed by atoms with Gasteiger partial charge in [0.15, 0.2) is 0 Å². The molecule has 0 bridgehead atoms. The van der Waals surface area contributed by atoms with Crippen LogP contribution in [0.5, 0.6) is 0 Å². The fraction of sp³-hybridized carbons (Fsp3) is 0.625. The Morgan fingerprint density at radius 2 is 2.16 bits per heavy atom. The molecule has 1 fully saturated rings. The SMILES string of the molecule is CCN1CCOC(CNCC(C)c2ccccc2)C1. The topological polar surface area (TPSA) is 24.5 Å². The van der Waals surface area contributed by atoms with Crippen LogP contribution in [0.4, 0.5) is 0 Å². The van der Waals surface area contributed by atoms with E-state index in [1.165, 1.54) is 5.56 Å². The zero-order valence-electron chi connectivity index (χ0n) is 12.1. The van der Waals surface area contributed by atoms with Crippen molar-refractivity contribution in [3.05, 3.63) is 35.9 Å². The van der Waals surface area contributed by atoms with Crippen LogP contribution < -0.4 is 5.32 Å². The summed E-state index contributed by atoms with van der Waals surface area (Å²) in [7, 11) is 0. The van der Waals surface area contributed by atoms with E-state index in [0.717, 1.165) is 39.3 Å². The summed E-state index contributed by atoms with van der Waals surface area (Å²) in [6.07, 6.45) is 0.344. The molecule has 2 unspecified atom stereocenters. The van der Waals surface area contributed by atoms with Crippen molar-refractivity contribution in [2.24, 2.45) is 0 Å². The van der Waals surface area contributed by atoms with Gasteiger partial charge < -0.3 is 10.1 Å². The number of hydrogen-bond donors (Lipinski definition) is 1. The van der Waals surface area contributed by atoms with Crippen molar-refractivity contribution in [2.45, 2.75) is 25.9 Å². The van der Waals surface area contributed by atoms with Gasteiger partial charge in [0.2, 0.25) is 0 Å². The van der Waals surface area contributed by atoms with Gasteiger partial charge in [0.1, 0.15) is 0 Å². The third-order valence-electron chi connectivity index (χ3n) is 3.86. The highest BCUT2D eigenvalue weighted by atomic mass is 16.5. The van der Waals surface area contributed by atoms with E-state index in [9.17, 15) is 0 Å². The Morgan fingerprint density at radius 3 is 2.89 bits per heavy atom. The molecule has 0 aromatic heterocycles. The first-order valence-electron chi connectivity index (χ1n) is 7.39. The third kappa shape index (κ3) is 4.60. The van der Waals surface area contributed by atoms with Crippen LogP contribution in [0.15, 0.2) is 30.3 Å². The second-order valence-electron chi connectivity index (χ2n) is 5.36. The highest BCUT2D eigenvalue weighted by Gasteiger charge is 2.18. The standard InChI is InChI=1S/C16H26N2O/c1-3-18-9-10-19-16(13-18)12-17-11-14(2)15-7-5-4-6-8-15/h4-8,14,16-17H,3,9-13H2,1-2H3. The molecule has 1 heterocycles. The lowest BCUT2D eigenvalue weighted by Gasteiger charge is -2.32. The van der Waals surface area contributed by atoms with Crippen molar-refractivity contribution in [3.8, 4) is 0 Å². The highest BCUT2D eigenvalue weighted by molar-refractivity contribution is 5.18. The Bertz CT molecular complexity index is 355. The van der Waals surface area contributed by atoms with Crippen molar-refractivity contribution in [1.29, 1.82) is 0 Å². The monoisotopic (exact) mass is 262 g/mol. The van der Waals surface area contributed by atoms with Gasteiger partial charge in [-0.3, -0.25) is 4.90 Å². The van der Waals surface area contributed by atoms with Gasteiger partial charge in [0.25, 0.3) is 0 Å². The molecule has 1 aliphatic rings. The molecule has 2 atom stereocenters. The first-order chi connectivity index (χ1) is 9.29. The summed E-state index contributed by atoms with van der Waals surface area (Å²) in [4.78, 5) is 2.45. The van der Waals surface area contributed by atoms with E-state index in [1.54, 1.807) is 0 Å². The number of benzene rings is 1. The van der Waals surface area contributed by atoms with Gasteiger partial charge in [0, 0.05) is 26.2 Å². The molecule has 19 heavy (non-hydrogen) atoms. The summed E-state index contributed by atoms with van der Waals surface area (Å²) in [5.74, 6) is 0.548. The van der Waals surface area contributed by atoms with Crippen LogP contribution in [-0.4, -0.2) is 50.3 Å². The Balaban J connectivity index is 1.69. The molecule has 0 amide bonds. The van der Waals surface area contributed by atoms with E-state index in [-0.39, 0.29) is 0 Å². The summed E-state index contributed by atoms with van der Waals surface area (Å²) in [6, 6.07) is 10.7. The lowest BCUT2D eigenvalue weighted by atomic mass is 10.0. The summed E-state index contributed by atoms with van der Waals surface area (Å²) >= 11 is 0. The number of rotatable bonds is 6. The fourth-order valence-electron chi connectivity index (χ4n) is 2.55. The molecule has 1 aromatic rings. The minimum Gasteiger partial charge on any atom is -0.374 e. The molecular formula is C16H26N2O. The second-order valence-corrected chi connectivity index (χ2v) is 5.36. The van der Waals surface area contributed by atoms with E-state index in [2.05, 4.69) is 54.4 Å². The van der Waals surface area contributed by atoms with Gasteiger partial charge in [-0.05, 0) is 18.0 Å². The van der Waals surface area contributed by atoms with Gasteiger partial charge in [-0.25, -0.2) is 0 Å². The van der Waals surface area contributed by atoms with Crippen LogP contribution in [0.25, 0.3) is 0 Å². The molecule has 0 aliphatic carbocycles. The van der Waals surface area contributed by atoms with Crippen molar-refractivity contribution in [1.82, 2.24) is 10.2 Å². The molecule has 2 rings (SSSR count). The normalized spacial score (nSPS) is 22.3. The summed E-state index contributed by atoms with van der Waals surface area (Å²) in [5, 5.41) is 3.55. The summed E-state index contributed by atoms with van der Waals surface area (Å²) < 4.78 is 5.79. The molecule has 1 aliphatic heterocycles. The van der Waals surface area contributed by atoms with Crippen LogP contribution >= 0.6 is 0 Å². The van der Waals surface area contributed by atoms with E-state index in [0.29, 0.717) is 12.0 Å². The van der Waals surface area contributed by atoms with E-state index >= 15 is 0 Å². The number of ether oxygens (including phenoxy) is 1. The number of nitrogens with one attached hydrogen (secondary N) is 1. The maximum atomic E-state index is 5.79. The zero-order chi connectivity index (χ0) is 13.5. The molecule has 106 valence electrons. The lowest BCUT2D eigenvalue weighted by molar-refractivity contribution is -0.0252. The predicted molar refractivity (Wildman–Crippen MR) is 79.6 cm³/mol. The van der Waals surface area contributed by atoms with E-state index in [1.807, 2.05) is 0 Å². The average Bonchev–Trinajstić information content (AvgIpc) is 2.48. The molecule has 3 nitrogen and oxygen atoms in total. The Morgan fingerprint density at radius 1 is 1.37 bits per heavy atom. The van der Waals surface area contributed by atoms with E-state index < -0.39 is 0 Å². The fourth-order valence-corrected chi connectivity index (χ4v) is 2.55. The maximum Gasteiger partial charge on any atom is 0.0826 e. The molecule has 0 saturated carbocycles. The second kappa shape index (κ2) is 7.63. The van der Waals surface area contributed by atoms with Crippen molar-refractivity contribution < 1.29 is 4.74 Å². The Hall–Kier alpha value is -0.900. The number of likely N-dealkylation sites (N-methyl/N-ethyl adjacent to an activating group) is 1. The minimum absolute atomic E-state index is 0.344. The molecule has 0 radical (unpaired) electrons. The molecule has 0 spiro atoms. The highest BCUT2D eigenvalue weighted by Crippen LogP contribution is 2.13. The molecule has 1 saturated heterocycles. The van der Waals surface area contributed by atoms with Gasteiger partial charge in [0.05, 0.1) is 12.7 Å². The van der Waals surface area contributed by atoms with Crippen molar-refractivity contribution >= 4 is 0 Å². The van der Waals surface area contributed by atoms with Crippen LogP contribution in [0.3, 0.4) is 0 Å². The van der Waals surface area contributed by atoms with Gasteiger partial charge in [-0.15, -0.1) is 0 Å². The summed E-state index contributed by atoms with van der Waals surface area (Å²) in [5.41, 5.74) is 1.40. The molecule has 1 N–H and O–H groups in total. The van der Waals surface area contributed by atoms with Crippen LogP contribution in [0, 0.1) is 0 Å². The molecular weight excluding hydrogens is 236 g/mol. The smallest absolute Gasteiger partial charge is 0.0826 e. The van der Waals surface area contributed by atoms with Crippen molar-refractivity contribution in [2.75, 3.05) is 39.3 Å². The quantitative estimate of drug-likeness (QED) is 0.849. The van der Waals surface area contributed by atoms with Crippen LogP contribution in [0.2, 0.25) is 0 Å². The minimum atomic E-state index is 0.344. The Kier molecular flexibility index (Phi) is 5.83. The zero-order valence-corrected chi connectivity index (χ0v) is 12.1. The maximum absolute atomic E-state index is 5.79. The van der Waals surface area contributed by atoms with E-state index in [4.69, 9.17) is 4.74 Å².